The van der Waals surface area contributed by atoms with Crippen LogP contribution in [0, 0.1) is 12.3 Å². The number of amides is 1. The summed E-state index contributed by atoms with van der Waals surface area (Å²) in [5.41, 5.74) is 2.96. The lowest BCUT2D eigenvalue weighted by Crippen LogP contribution is -2.38. The predicted octanol–water partition coefficient (Wildman–Crippen LogP) is 4.83. The summed E-state index contributed by atoms with van der Waals surface area (Å²) in [6.45, 7) is 11.1. The van der Waals surface area contributed by atoms with Gasteiger partial charge in [0.1, 0.15) is 23.9 Å². The Kier molecular flexibility index (Phi) is 10.9. The fraction of sp³-hybridized carbons (Fsp3) is 0.387. The Bertz CT molecular complexity index is 1340. The topological polar surface area (TPSA) is 98.3 Å². The van der Waals surface area contributed by atoms with Crippen molar-refractivity contribution in [3.63, 3.8) is 0 Å². The molecule has 0 radical (unpaired) electrons. The third-order valence-electron chi connectivity index (χ3n) is 6.69. The summed E-state index contributed by atoms with van der Waals surface area (Å²) >= 11 is 0. The molecule has 1 aromatic heterocycles. The first-order valence-corrected chi connectivity index (χ1v) is 13.7. The fourth-order valence-electron chi connectivity index (χ4n) is 4.25. The van der Waals surface area contributed by atoms with Gasteiger partial charge in [0.25, 0.3) is 0 Å². The summed E-state index contributed by atoms with van der Waals surface area (Å²) in [6.07, 6.45) is 12.1. The van der Waals surface area contributed by atoms with E-state index in [4.69, 9.17) is 25.4 Å². The van der Waals surface area contributed by atoms with Crippen LogP contribution in [-0.4, -0.2) is 73.6 Å². The number of carbonyl (C=O) groups excluding carboxylic acids is 1. The van der Waals surface area contributed by atoms with Crippen molar-refractivity contribution >= 4 is 23.5 Å². The highest BCUT2D eigenvalue weighted by atomic mass is 16.6. The molecule has 41 heavy (non-hydrogen) atoms. The largest absolute Gasteiger partial charge is 0.492 e. The van der Waals surface area contributed by atoms with E-state index in [2.05, 4.69) is 26.1 Å². The lowest BCUT2D eigenvalue weighted by atomic mass is 10.1. The van der Waals surface area contributed by atoms with Crippen LogP contribution in [0.1, 0.15) is 26.3 Å². The third-order valence-corrected chi connectivity index (χ3v) is 6.69. The average Bonchev–Trinajstić information content (AvgIpc) is 2.99. The van der Waals surface area contributed by atoms with Gasteiger partial charge in [-0.3, -0.25) is 9.80 Å². The lowest BCUT2D eigenvalue weighted by Gasteiger charge is -2.26. The molecule has 1 fully saturated rings. The number of fused-ring (bicyclic) bond motifs is 4. The molecule has 10 heteroatoms. The molecule has 4 rings (SSSR count). The Morgan fingerprint density at radius 3 is 2.80 bits per heavy atom. The minimum absolute atomic E-state index is 0.205. The summed E-state index contributed by atoms with van der Waals surface area (Å²) in [5.74, 6) is 4.37. The van der Waals surface area contributed by atoms with Crippen LogP contribution in [0.25, 0.3) is 0 Å². The first-order chi connectivity index (χ1) is 20.0. The van der Waals surface area contributed by atoms with Gasteiger partial charge in [-0.1, -0.05) is 24.1 Å². The van der Waals surface area contributed by atoms with Gasteiger partial charge in [-0.2, -0.15) is 4.98 Å². The Hall–Kier alpha value is -4.17. The van der Waals surface area contributed by atoms with Gasteiger partial charge in [0.2, 0.25) is 5.95 Å². The molecule has 0 spiro atoms. The number of nitrogens with one attached hydrogen (secondary N) is 1. The van der Waals surface area contributed by atoms with Crippen LogP contribution in [0.3, 0.4) is 0 Å². The van der Waals surface area contributed by atoms with E-state index in [1.165, 1.54) is 4.90 Å². The highest BCUT2D eigenvalue weighted by Crippen LogP contribution is 2.27. The van der Waals surface area contributed by atoms with Crippen molar-refractivity contribution < 1.29 is 23.7 Å². The SMILES string of the molecule is C#C/C(C)=C(OC(=O)N1C/C=C\COCc2cc(ccc2OCCN2CCOCC2)Nc2nccc1n2)\C(C)=C/C. The van der Waals surface area contributed by atoms with Gasteiger partial charge in [-0.15, -0.1) is 6.42 Å². The molecule has 1 aromatic carbocycles. The van der Waals surface area contributed by atoms with Gasteiger partial charge < -0.3 is 24.3 Å². The zero-order chi connectivity index (χ0) is 29.0. The number of hydrogen-bond acceptors (Lipinski definition) is 9. The molecule has 2 aliphatic rings. The number of terminal acetylenes is 1. The van der Waals surface area contributed by atoms with Crippen molar-refractivity contribution in [2.45, 2.75) is 27.4 Å². The molecule has 2 aromatic rings. The smallest absolute Gasteiger partial charge is 0.421 e. The molecule has 0 atom stereocenters. The first-order valence-electron chi connectivity index (χ1n) is 13.7. The maximum Gasteiger partial charge on any atom is 0.421 e. The molecule has 10 nitrogen and oxygen atoms in total. The average molecular weight is 560 g/mol. The molecule has 3 heterocycles. The van der Waals surface area contributed by atoms with Crippen LogP contribution in [-0.2, 0) is 20.8 Å². The molecule has 2 aliphatic heterocycles. The molecular weight excluding hydrogens is 522 g/mol. The van der Waals surface area contributed by atoms with E-state index in [9.17, 15) is 4.79 Å². The van der Waals surface area contributed by atoms with Crippen molar-refractivity contribution in [3.8, 4) is 18.1 Å². The van der Waals surface area contributed by atoms with E-state index in [-0.39, 0.29) is 6.54 Å². The molecule has 1 N–H and O–H groups in total. The summed E-state index contributed by atoms with van der Waals surface area (Å²) < 4.78 is 23.3. The number of rotatable bonds is 6. The van der Waals surface area contributed by atoms with Crippen LogP contribution in [0.2, 0.25) is 0 Å². The van der Waals surface area contributed by atoms with E-state index >= 15 is 0 Å². The monoisotopic (exact) mass is 559 g/mol. The molecular formula is C31H37N5O5. The third kappa shape index (κ3) is 8.41. The summed E-state index contributed by atoms with van der Waals surface area (Å²) in [6, 6.07) is 7.43. The van der Waals surface area contributed by atoms with Gasteiger partial charge in [0.15, 0.2) is 0 Å². The first kappa shape index (κ1) is 29.8. The van der Waals surface area contributed by atoms with Crippen LogP contribution < -0.4 is 15.0 Å². The number of nitrogens with zero attached hydrogens (tertiary/aromatic N) is 4. The molecule has 0 aliphatic carbocycles. The van der Waals surface area contributed by atoms with Crippen molar-refractivity contribution in [2.24, 2.45) is 0 Å². The van der Waals surface area contributed by atoms with Crippen LogP contribution >= 0.6 is 0 Å². The van der Waals surface area contributed by atoms with Crippen LogP contribution in [0.4, 0.5) is 22.2 Å². The number of allylic oxidation sites excluding steroid dienone is 3. The second-order valence-corrected chi connectivity index (χ2v) is 9.52. The van der Waals surface area contributed by atoms with Gasteiger partial charge in [0.05, 0.1) is 26.4 Å². The number of carbonyl (C=O) groups is 1. The normalized spacial score (nSPS) is 17.8. The van der Waals surface area contributed by atoms with E-state index in [0.717, 1.165) is 55.4 Å². The molecule has 0 saturated carbocycles. The minimum atomic E-state index is -0.612. The molecule has 4 bridgehead atoms. The van der Waals surface area contributed by atoms with E-state index in [0.29, 0.717) is 42.9 Å². The maximum absolute atomic E-state index is 13.4. The van der Waals surface area contributed by atoms with Gasteiger partial charge in [-0.25, -0.2) is 9.78 Å². The van der Waals surface area contributed by atoms with Gasteiger partial charge >= 0.3 is 6.09 Å². The number of morpholine rings is 1. The summed E-state index contributed by atoms with van der Waals surface area (Å²) in [5, 5.41) is 3.23. The highest BCUT2D eigenvalue weighted by Gasteiger charge is 2.22. The molecule has 216 valence electrons. The molecule has 0 unspecified atom stereocenters. The van der Waals surface area contributed by atoms with Crippen molar-refractivity contribution in [1.29, 1.82) is 0 Å². The van der Waals surface area contributed by atoms with Crippen molar-refractivity contribution in [3.05, 3.63) is 71.2 Å². The number of ether oxygens (including phenoxy) is 4. The van der Waals surface area contributed by atoms with E-state index in [1.807, 2.05) is 50.3 Å². The summed E-state index contributed by atoms with van der Waals surface area (Å²) in [7, 11) is 0. The zero-order valence-corrected chi connectivity index (χ0v) is 23.9. The Balaban J connectivity index is 1.54. The Labute approximate surface area is 241 Å². The number of aromatic nitrogens is 2. The van der Waals surface area contributed by atoms with Crippen molar-refractivity contribution in [1.82, 2.24) is 14.9 Å². The second kappa shape index (κ2) is 15.0. The minimum Gasteiger partial charge on any atom is -0.492 e. The highest BCUT2D eigenvalue weighted by molar-refractivity contribution is 5.88. The molecule has 1 amide bonds. The quantitative estimate of drug-likeness (QED) is 0.231. The van der Waals surface area contributed by atoms with Crippen LogP contribution in [0.15, 0.2) is 65.6 Å². The Morgan fingerprint density at radius 1 is 1.20 bits per heavy atom. The Morgan fingerprint density at radius 2 is 2.02 bits per heavy atom. The number of benzene rings is 1. The maximum atomic E-state index is 13.4. The van der Waals surface area contributed by atoms with E-state index < -0.39 is 6.09 Å². The van der Waals surface area contributed by atoms with Crippen LogP contribution in [0.5, 0.6) is 5.75 Å². The number of anilines is 3. The standard InChI is InChI=1S/C31H37N5O5/c1-5-23(3)29(24(4)6-2)41-31(37)36-13-7-8-17-39-22-25-21-26(33-30-32-12-11-28(36)34-30)9-10-27(25)40-20-16-35-14-18-38-19-15-35/h1,6-12,21H,13-20,22H2,2-4H3,(H,32,33,34)/b8-7-,24-6-,29-23+. The fourth-order valence-corrected chi connectivity index (χ4v) is 4.25. The van der Waals surface area contributed by atoms with E-state index in [1.54, 1.807) is 19.2 Å². The summed E-state index contributed by atoms with van der Waals surface area (Å²) in [4.78, 5) is 26.1. The number of hydrogen-bond donors (Lipinski definition) is 1. The zero-order valence-electron chi connectivity index (χ0n) is 23.9. The van der Waals surface area contributed by atoms with Gasteiger partial charge in [0, 0.05) is 49.2 Å². The lowest BCUT2D eigenvalue weighted by molar-refractivity contribution is 0.0320. The van der Waals surface area contributed by atoms with Crippen molar-refractivity contribution in [2.75, 3.05) is 62.8 Å². The second-order valence-electron chi connectivity index (χ2n) is 9.52. The van der Waals surface area contributed by atoms with Gasteiger partial charge in [-0.05, 0) is 50.6 Å². The predicted molar refractivity (Wildman–Crippen MR) is 158 cm³/mol. The molecule has 1 saturated heterocycles.